The molecule has 2 heterocycles. The SMILES string of the molecule is CCNC(=O)[C@@H]1C[C@H](N)CN1C(=O)CSc1ncn[nH]1. The maximum absolute atomic E-state index is 12.2. The van der Waals surface area contributed by atoms with Gasteiger partial charge in [0.2, 0.25) is 11.8 Å². The van der Waals surface area contributed by atoms with E-state index in [9.17, 15) is 9.59 Å². The molecule has 4 N–H and O–H groups in total. The first kappa shape index (κ1) is 14.8. The van der Waals surface area contributed by atoms with Crippen LogP contribution in [0.2, 0.25) is 0 Å². The van der Waals surface area contributed by atoms with Gasteiger partial charge < -0.3 is 16.0 Å². The lowest BCUT2D eigenvalue weighted by molar-refractivity contribution is -0.136. The quantitative estimate of drug-likeness (QED) is 0.598. The molecule has 0 saturated carbocycles. The fourth-order valence-electron chi connectivity index (χ4n) is 2.16. The van der Waals surface area contributed by atoms with Crippen LogP contribution in [0.5, 0.6) is 0 Å². The summed E-state index contributed by atoms with van der Waals surface area (Å²) in [4.78, 5) is 29.6. The molecule has 0 bridgehead atoms. The smallest absolute Gasteiger partial charge is 0.242 e. The molecule has 0 aromatic carbocycles. The van der Waals surface area contributed by atoms with Gasteiger partial charge in [-0.2, -0.15) is 5.10 Å². The fraction of sp³-hybridized carbons (Fsp3) is 0.636. The predicted octanol–water partition coefficient (Wildman–Crippen LogP) is -1.04. The van der Waals surface area contributed by atoms with Crippen molar-refractivity contribution in [2.75, 3.05) is 18.8 Å². The number of nitrogens with two attached hydrogens (primary N) is 1. The highest BCUT2D eigenvalue weighted by molar-refractivity contribution is 7.99. The highest BCUT2D eigenvalue weighted by atomic mass is 32.2. The Morgan fingerprint density at radius 2 is 2.45 bits per heavy atom. The number of aromatic nitrogens is 3. The molecule has 110 valence electrons. The number of aromatic amines is 1. The van der Waals surface area contributed by atoms with Gasteiger partial charge in [-0.3, -0.25) is 14.7 Å². The van der Waals surface area contributed by atoms with Crippen molar-refractivity contribution >= 4 is 23.6 Å². The zero-order valence-electron chi connectivity index (χ0n) is 11.2. The number of carbonyl (C=O) groups excluding carboxylic acids is 2. The third-order valence-electron chi connectivity index (χ3n) is 3.03. The Morgan fingerprint density at radius 3 is 3.10 bits per heavy atom. The number of hydrogen-bond acceptors (Lipinski definition) is 6. The van der Waals surface area contributed by atoms with Crippen LogP contribution in [0.1, 0.15) is 13.3 Å². The fourth-order valence-corrected chi connectivity index (χ4v) is 2.83. The van der Waals surface area contributed by atoms with E-state index < -0.39 is 6.04 Å². The predicted molar refractivity (Wildman–Crippen MR) is 73.9 cm³/mol. The number of thioether (sulfide) groups is 1. The number of rotatable bonds is 5. The van der Waals surface area contributed by atoms with Crippen molar-refractivity contribution in [2.24, 2.45) is 5.73 Å². The van der Waals surface area contributed by atoms with E-state index in [0.29, 0.717) is 24.7 Å². The van der Waals surface area contributed by atoms with Crippen LogP contribution in [-0.4, -0.2) is 62.8 Å². The average Bonchev–Trinajstić information content (AvgIpc) is 3.05. The van der Waals surface area contributed by atoms with Crippen LogP contribution in [0, 0.1) is 0 Å². The summed E-state index contributed by atoms with van der Waals surface area (Å²) in [6, 6.07) is -0.616. The number of hydrogen-bond donors (Lipinski definition) is 3. The Kier molecular flexibility index (Phi) is 4.96. The largest absolute Gasteiger partial charge is 0.355 e. The highest BCUT2D eigenvalue weighted by Crippen LogP contribution is 2.20. The first-order chi connectivity index (χ1) is 9.61. The topological polar surface area (TPSA) is 117 Å². The van der Waals surface area contributed by atoms with Crippen LogP contribution in [0.15, 0.2) is 11.5 Å². The van der Waals surface area contributed by atoms with E-state index in [1.54, 1.807) is 4.90 Å². The van der Waals surface area contributed by atoms with Gasteiger partial charge in [-0.15, -0.1) is 0 Å². The minimum absolute atomic E-state index is 0.115. The van der Waals surface area contributed by atoms with Crippen molar-refractivity contribution in [1.29, 1.82) is 0 Å². The van der Waals surface area contributed by atoms with Gasteiger partial charge >= 0.3 is 0 Å². The molecule has 2 rings (SSSR count). The lowest BCUT2D eigenvalue weighted by Crippen LogP contribution is -2.46. The van der Waals surface area contributed by atoms with E-state index in [4.69, 9.17) is 5.73 Å². The van der Waals surface area contributed by atoms with E-state index in [2.05, 4.69) is 20.5 Å². The lowest BCUT2D eigenvalue weighted by Gasteiger charge is -2.23. The van der Waals surface area contributed by atoms with Crippen LogP contribution in [-0.2, 0) is 9.59 Å². The van der Waals surface area contributed by atoms with E-state index in [1.165, 1.54) is 18.1 Å². The number of likely N-dealkylation sites (N-methyl/N-ethyl adjacent to an activating group) is 1. The van der Waals surface area contributed by atoms with E-state index in [-0.39, 0.29) is 23.6 Å². The monoisotopic (exact) mass is 298 g/mol. The maximum Gasteiger partial charge on any atom is 0.242 e. The van der Waals surface area contributed by atoms with Gasteiger partial charge in [-0.05, 0) is 13.3 Å². The molecule has 1 aromatic heterocycles. The Bertz CT molecular complexity index is 465. The molecule has 1 fully saturated rings. The summed E-state index contributed by atoms with van der Waals surface area (Å²) in [5.41, 5.74) is 5.87. The number of amides is 2. The lowest BCUT2D eigenvalue weighted by atomic mass is 10.1. The summed E-state index contributed by atoms with van der Waals surface area (Å²) in [7, 11) is 0. The molecule has 9 heteroatoms. The minimum Gasteiger partial charge on any atom is -0.355 e. The molecular formula is C11H18N6O2S. The summed E-state index contributed by atoms with van der Waals surface area (Å²) in [6.07, 6.45) is 1.89. The maximum atomic E-state index is 12.2. The Morgan fingerprint density at radius 1 is 1.65 bits per heavy atom. The van der Waals surface area contributed by atoms with Gasteiger partial charge in [0.1, 0.15) is 12.4 Å². The number of likely N-dealkylation sites (tertiary alicyclic amines) is 1. The Labute approximate surface area is 120 Å². The van der Waals surface area contributed by atoms with Crippen LogP contribution in [0.3, 0.4) is 0 Å². The standard InChI is InChI=1S/C11H18N6O2S/c1-2-13-10(19)8-3-7(12)4-17(8)9(18)5-20-11-14-6-15-16-11/h6-8H,2-5,12H2,1H3,(H,13,19)(H,14,15,16)/t7-,8-/m0/s1. The zero-order valence-corrected chi connectivity index (χ0v) is 12.0. The molecule has 20 heavy (non-hydrogen) atoms. The van der Waals surface area contributed by atoms with Crippen molar-refractivity contribution in [3.05, 3.63) is 6.33 Å². The summed E-state index contributed by atoms with van der Waals surface area (Å²) < 4.78 is 0. The van der Waals surface area contributed by atoms with Crippen LogP contribution < -0.4 is 11.1 Å². The summed E-state index contributed by atoms with van der Waals surface area (Å²) in [6.45, 7) is 2.80. The molecule has 2 atom stereocenters. The number of nitrogens with one attached hydrogen (secondary N) is 2. The zero-order chi connectivity index (χ0) is 14.5. The molecule has 1 saturated heterocycles. The molecule has 0 aliphatic carbocycles. The van der Waals surface area contributed by atoms with Crippen molar-refractivity contribution in [3.63, 3.8) is 0 Å². The molecule has 2 amide bonds. The molecule has 1 aromatic rings. The number of carbonyl (C=O) groups is 2. The van der Waals surface area contributed by atoms with Crippen molar-refractivity contribution in [3.8, 4) is 0 Å². The van der Waals surface area contributed by atoms with Gasteiger partial charge in [0, 0.05) is 19.1 Å². The molecule has 1 aliphatic rings. The molecule has 0 radical (unpaired) electrons. The van der Waals surface area contributed by atoms with Crippen molar-refractivity contribution in [1.82, 2.24) is 25.4 Å². The Balaban J connectivity index is 1.94. The van der Waals surface area contributed by atoms with E-state index >= 15 is 0 Å². The molecular weight excluding hydrogens is 280 g/mol. The van der Waals surface area contributed by atoms with E-state index in [0.717, 1.165) is 0 Å². The van der Waals surface area contributed by atoms with Gasteiger partial charge in [0.05, 0.1) is 5.75 Å². The number of H-pyrrole nitrogens is 1. The van der Waals surface area contributed by atoms with Gasteiger partial charge in [0.25, 0.3) is 0 Å². The first-order valence-corrected chi connectivity index (χ1v) is 7.41. The van der Waals surface area contributed by atoms with Crippen LogP contribution >= 0.6 is 11.8 Å². The van der Waals surface area contributed by atoms with Crippen LogP contribution in [0.4, 0.5) is 0 Å². The van der Waals surface area contributed by atoms with Gasteiger partial charge in [0.15, 0.2) is 5.16 Å². The average molecular weight is 298 g/mol. The summed E-state index contributed by atoms with van der Waals surface area (Å²) in [5, 5.41) is 9.70. The van der Waals surface area contributed by atoms with Gasteiger partial charge in [-0.1, -0.05) is 11.8 Å². The second-order valence-electron chi connectivity index (χ2n) is 4.53. The van der Waals surface area contributed by atoms with Crippen molar-refractivity contribution < 1.29 is 9.59 Å². The second-order valence-corrected chi connectivity index (χ2v) is 5.50. The van der Waals surface area contributed by atoms with Crippen molar-refractivity contribution in [2.45, 2.75) is 30.6 Å². The molecule has 1 aliphatic heterocycles. The highest BCUT2D eigenvalue weighted by Gasteiger charge is 2.37. The summed E-state index contributed by atoms with van der Waals surface area (Å²) >= 11 is 1.26. The van der Waals surface area contributed by atoms with Crippen LogP contribution in [0.25, 0.3) is 0 Å². The first-order valence-electron chi connectivity index (χ1n) is 6.42. The Hall–Kier alpha value is -1.61. The normalized spacial score (nSPS) is 22.0. The third kappa shape index (κ3) is 3.48. The van der Waals surface area contributed by atoms with E-state index in [1.807, 2.05) is 6.92 Å². The second kappa shape index (κ2) is 6.71. The van der Waals surface area contributed by atoms with Gasteiger partial charge in [-0.25, -0.2) is 4.98 Å². The summed E-state index contributed by atoms with van der Waals surface area (Å²) in [5.74, 6) is -0.0493. The third-order valence-corrected chi connectivity index (χ3v) is 3.89. The molecule has 0 spiro atoms. The number of nitrogens with zero attached hydrogens (tertiary/aromatic N) is 3. The minimum atomic E-state index is -0.465. The molecule has 8 nitrogen and oxygen atoms in total. The molecule has 0 unspecified atom stereocenters.